The third-order valence-corrected chi connectivity index (χ3v) is 5.97. The zero-order valence-corrected chi connectivity index (χ0v) is 16.2. The molecule has 1 heterocycles. The van der Waals surface area contributed by atoms with E-state index in [4.69, 9.17) is 12.2 Å². The number of carbonyl (C=O) groups is 2. The van der Waals surface area contributed by atoms with Gasteiger partial charge in [0.15, 0.2) is 0 Å². The molecule has 1 atom stereocenters. The van der Waals surface area contributed by atoms with Gasteiger partial charge in [0.25, 0.3) is 5.91 Å². The van der Waals surface area contributed by atoms with Gasteiger partial charge < -0.3 is 4.90 Å². The quantitative estimate of drug-likeness (QED) is 0.587. The van der Waals surface area contributed by atoms with Crippen molar-refractivity contribution in [1.29, 1.82) is 0 Å². The molecule has 0 unspecified atom stereocenters. The maximum atomic E-state index is 13.1. The van der Waals surface area contributed by atoms with Crippen LogP contribution in [0.5, 0.6) is 0 Å². The molecule has 0 aliphatic carbocycles. The Morgan fingerprint density at radius 3 is 2.52 bits per heavy atom. The SMILES string of the molecule is CCN(CC)C(=S)S[C@@H]1CCCCN(C(=O)c2ccc(F)cc2)C1=O. The van der Waals surface area contributed by atoms with Crippen LogP contribution in [0.3, 0.4) is 0 Å². The summed E-state index contributed by atoms with van der Waals surface area (Å²) in [6.45, 7) is 6.03. The van der Waals surface area contributed by atoms with Gasteiger partial charge in [0.05, 0.1) is 5.25 Å². The number of amides is 2. The molecule has 0 radical (unpaired) electrons. The highest BCUT2D eigenvalue weighted by Crippen LogP contribution is 2.27. The minimum absolute atomic E-state index is 0.202. The first-order chi connectivity index (χ1) is 12.0. The van der Waals surface area contributed by atoms with E-state index >= 15 is 0 Å². The predicted octanol–water partition coefficient (Wildman–Crippen LogP) is 3.71. The first-order valence-electron chi connectivity index (χ1n) is 8.54. The molecule has 1 aromatic carbocycles. The Labute approximate surface area is 157 Å². The van der Waals surface area contributed by atoms with Gasteiger partial charge in [-0.1, -0.05) is 30.4 Å². The van der Waals surface area contributed by atoms with Gasteiger partial charge in [-0.15, -0.1) is 0 Å². The lowest BCUT2D eigenvalue weighted by molar-refractivity contribution is -0.127. The number of imide groups is 1. The number of hydrogen-bond donors (Lipinski definition) is 0. The molecule has 0 spiro atoms. The second-order valence-electron chi connectivity index (χ2n) is 5.84. The second kappa shape index (κ2) is 9.29. The van der Waals surface area contributed by atoms with E-state index in [9.17, 15) is 14.0 Å². The highest BCUT2D eigenvalue weighted by atomic mass is 32.2. The van der Waals surface area contributed by atoms with Crippen LogP contribution in [-0.2, 0) is 4.79 Å². The smallest absolute Gasteiger partial charge is 0.260 e. The summed E-state index contributed by atoms with van der Waals surface area (Å²) in [4.78, 5) is 28.9. The van der Waals surface area contributed by atoms with E-state index in [0.29, 0.717) is 22.8 Å². The number of halogens is 1. The van der Waals surface area contributed by atoms with Crippen LogP contribution in [0.4, 0.5) is 4.39 Å². The average molecular weight is 383 g/mol. The van der Waals surface area contributed by atoms with Crippen LogP contribution in [0.2, 0.25) is 0 Å². The molecule has 0 N–H and O–H groups in total. The van der Waals surface area contributed by atoms with Crippen LogP contribution in [0.15, 0.2) is 24.3 Å². The fourth-order valence-corrected chi connectivity index (χ4v) is 4.51. The molecular weight excluding hydrogens is 359 g/mol. The molecule has 1 aromatic rings. The lowest BCUT2D eigenvalue weighted by Gasteiger charge is -2.26. The molecule has 25 heavy (non-hydrogen) atoms. The molecule has 1 fully saturated rings. The lowest BCUT2D eigenvalue weighted by atomic mass is 10.2. The summed E-state index contributed by atoms with van der Waals surface area (Å²) in [5.41, 5.74) is 0.326. The van der Waals surface area contributed by atoms with Crippen LogP contribution >= 0.6 is 24.0 Å². The number of rotatable bonds is 4. The number of benzene rings is 1. The van der Waals surface area contributed by atoms with Crippen molar-refractivity contribution in [2.24, 2.45) is 0 Å². The zero-order valence-electron chi connectivity index (χ0n) is 14.5. The molecule has 2 amide bonds. The number of thiocarbonyl (C=S) groups is 1. The topological polar surface area (TPSA) is 40.6 Å². The summed E-state index contributed by atoms with van der Waals surface area (Å²) in [5, 5.41) is -0.347. The van der Waals surface area contributed by atoms with Crippen LogP contribution < -0.4 is 0 Å². The lowest BCUT2D eigenvalue weighted by Crippen LogP contribution is -2.42. The summed E-state index contributed by atoms with van der Waals surface area (Å²) in [6, 6.07) is 5.30. The average Bonchev–Trinajstić information content (AvgIpc) is 2.78. The minimum Gasteiger partial charge on any atom is -0.358 e. The third-order valence-electron chi connectivity index (χ3n) is 4.24. The molecule has 136 valence electrons. The molecule has 0 saturated carbocycles. The second-order valence-corrected chi connectivity index (χ2v) is 7.68. The number of thioether (sulfide) groups is 1. The van der Waals surface area contributed by atoms with Crippen molar-refractivity contribution in [3.63, 3.8) is 0 Å². The van der Waals surface area contributed by atoms with Crippen LogP contribution in [-0.4, -0.2) is 50.8 Å². The number of likely N-dealkylation sites (tertiary alicyclic amines) is 1. The summed E-state index contributed by atoms with van der Waals surface area (Å²) < 4.78 is 13.8. The van der Waals surface area contributed by atoms with E-state index in [0.717, 1.165) is 25.9 Å². The van der Waals surface area contributed by atoms with Gasteiger partial charge in [0.1, 0.15) is 10.1 Å². The van der Waals surface area contributed by atoms with Crippen LogP contribution in [0, 0.1) is 5.82 Å². The van der Waals surface area contributed by atoms with E-state index in [2.05, 4.69) is 0 Å². The Bertz CT molecular complexity index is 632. The highest BCUT2D eigenvalue weighted by molar-refractivity contribution is 8.23. The van der Waals surface area contributed by atoms with E-state index < -0.39 is 5.82 Å². The van der Waals surface area contributed by atoms with Crippen molar-refractivity contribution in [3.8, 4) is 0 Å². The van der Waals surface area contributed by atoms with Crippen molar-refractivity contribution in [2.75, 3.05) is 19.6 Å². The Morgan fingerprint density at radius 2 is 1.92 bits per heavy atom. The molecule has 1 aliphatic rings. The number of hydrogen-bond acceptors (Lipinski definition) is 4. The first-order valence-corrected chi connectivity index (χ1v) is 9.83. The molecule has 7 heteroatoms. The maximum Gasteiger partial charge on any atom is 0.260 e. The largest absolute Gasteiger partial charge is 0.358 e. The van der Waals surface area contributed by atoms with Gasteiger partial charge in [0, 0.05) is 25.2 Å². The summed E-state index contributed by atoms with van der Waals surface area (Å²) in [7, 11) is 0. The molecule has 0 aromatic heterocycles. The summed E-state index contributed by atoms with van der Waals surface area (Å²) in [6.07, 6.45) is 2.35. The standard InChI is InChI=1S/C18H23FN2O2S2/c1-3-20(4-2)18(24)25-15-7-5-6-12-21(17(15)23)16(22)13-8-10-14(19)11-9-13/h8-11,15H,3-7,12H2,1-2H3/t15-/m1/s1. The van der Waals surface area contributed by atoms with Gasteiger partial charge in [-0.05, 0) is 51.0 Å². The molecule has 1 aliphatic heterocycles. The Morgan fingerprint density at radius 1 is 1.28 bits per heavy atom. The van der Waals surface area contributed by atoms with Gasteiger partial charge >= 0.3 is 0 Å². The van der Waals surface area contributed by atoms with E-state index in [1.165, 1.54) is 40.9 Å². The minimum atomic E-state index is -0.406. The first kappa shape index (κ1) is 19.8. The fraction of sp³-hybridized carbons (Fsp3) is 0.500. The molecule has 4 nitrogen and oxygen atoms in total. The van der Waals surface area contributed by atoms with Gasteiger partial charge in [0.2, 0.25) is 5.91 Å². The van der Waals surface area contributed by atoms with E-state index in [1.54, 1.807) is 0 Å². The van der Waals surface area contributed by atoms with Crippen molar-refractivity contribution >= 4 is 40.1 Å². The van der Waals surface area contributed by atoms with E-state index in [-0.39, 0.29) is 17.1 Å². The third kappa shape index (κ3) is 5.01. The molecule has 1 saturated heterocycles. The van der Waals surface area contributed by atoms with Crippen molar-refractivity contribution < 1.29 is 14.0 Å². The van der Waals surface area contributed by atoms with Crippen molar-refractivity contribution in [1.82, 2.24) is 9.80 Å². The maximum absolute atomic E-state index is 13.1. The highest BCUT2D eigenvalue weighted by Gasteiger charge is 2.33. The monoisotopic (exact) mass is 382 g/mol. The molecule has 2 rings (SSSR count). The number of nitrogens with zero attached hydrogens (tertiary/aromatic N) is 2. The Balaban J connectivity index is 2.14. The van der Waals surface area contributed by atoms with Gasteiger partial charge in [-0.3, -0.25) is 14.5 Å². The summed E-state index contributed by atoms with van der Waals surface area (Å²) in [5.74, 6) is -0.977. The fourth-order valence-electron chi connectivity index (χ4n) is 2.74. The van der Waals surface area contributed by atoms with Crippen LogP contribution in [0.1, 0.15) is 43.5 Å². The van der Waals surface area contributed by atoms with Gasteiger partial charge in [-0.25, -0.2) is 4.39 Å². The Kier molecular flexibility index (Phi) is 7.38. The number of carbonyl (C=O) groups excluding carboxylic acids is 2. The molecule has 0 bridgehead atoms. The zero-order chi connectivity index (χ0) is 18.4. The molecular formula is C18H23FN2O2S2. The van der Waals surface area contributed by atoms with E-state index in [1.807, 2.05) is 18.7 Å². The normalized spacial score (nSPS) is 18.0. The van der Waals surface area contributed by atoms with Crippen molar-refractivity contribution in [3.05, 3.63) is 35.6 Å². The van der Waals surface area contributed by atoms with Crippen LogP contribution in [0.25, 0.3) is 0 Å². The summed E-state index contributed by atoms with van der Waals surface area (Å²) >= 11 is 6.83. The predicted molar refractivity (Wildman–Crippen MR) is 103 cm³/mol. The van der Waals surface area contributed by atoms with Crippen molar-refractivity contribution in [2.45, 2.75) is 38.4 Å². The van der Waals surface area contributed by atoms with Gasteiger partial charge in [-0.2, -0.15) is 0 Å². The Hall–Kier alpha value is -1.47.